The van der Waals surface area contributed by atoms with E-state index in [2.05, 4.69) is 14.8 Å². The number of benzene rings is 2. The Balaban J connectivity index is 1.78. The topological polar surface area (TPSA) is 91.7 Å². The van der Waals surface area contributed by atoms with Crippen molar-refractivity contribution in [1.29, 1.82) is 0 Å². The summed E-state index contributed by atoms with van der Waals surface area (Å²) in [5, 5.41) is 9.08. The first-order chi connectivity index (χ1) is 14.8. The van der Waals surface area contributed by atoms with Crippen molar-refractivity contribution in [2.45, 2.75) is 13.3 Å². The lowest BCUT2D eigenvalue weighted by atomic mass is 10.1. The summed E-state index contributed by atoms with van der Waals surface area (Å²) in [5.41, 5.74) is 2.28. The number of nitrogens with zero attached hydrogens (tertiary/aromatic N) is 3. The van der Waals surface area contributed by atoms with E-state index in [4.69, 9.17) is 11.6 Å². The number of hydrazone groups is 1. The molecular weight excluding hydrogens is 456 g/mol. The maximum atomic E-state index is 12.5. The number of nitrogens with one attached hydrogen (secondary N) is 1. The first-order valence-electron chi connectivity index (χ1n) is 9.42. The molecule has 0 aliphatic carbocycles. The minimum Gasteiger partial charge on any atom is -0.268 e. The van der Waals surface area contributed by atoms with Crippen LogP contribution in [-0.2, 0) is 10.0 Å². The molecule has 1 aromatic heterocycles. The molecule has 1 amide bonds. The maximum Gasteiger partial charge on any atom is 0.265 e. The number of halogens is 1. The summed E-state index contributed by atoms with van der Waals surface area (Å²) in [5.74, 6) is -0.802. The molecular formula is C21H21ClN4O3S2. The van der Waals surface area contributed by atoms with E-state index in [-0.39, 0.29) is 11.3 Å². The lowest BCUT2D eigenvalue weighted by Crippen LogP contribution is -2.33. The molecule has 7 nitrogen and oxygen atoms in total. The molecule has 3 rings (SSSR count). The third kappa shape index (κ3) is 5.90. The fraction of sp³-hybridized carbons (Fsp3) is 0.190. The molecule has 0 unspecified atom stereocenters. The molecule has 0 saturated heterocycles. The SMILES string of the molecule is CCCS(=O)(=O)NC(=O)c1ccccc1C=NN(C)c1nc(-c2ccccc2Cl)cs1. The van der Waals surface area contributed by atoms with Crippen LogP contribution in [0.5, 0.6) is 0 Å². The molecule has 31 heavy (non-hydrogen) atoms. The lowest BCUT2D eigenvalue weighted by Gasteiger charge is -2.10. The van der Waals surface area contributed by atoms with Crippen LogP contribution in [0.3, 0.4) is 0 Å². The standard InChI is InChI=1S/C21H21ClN4O3S2/c1-3-12-31(28,29)25-20(27)16-9-5-4-8-15(16)13-23-26(2)21-24-19(14-30-21)17-10-6-7-11-18(17)22/h4-11,13-14H,3,12H2,1-2H3,(H,25,27). The molecule has 1 N–H and O–H groups in total. The van der Waals surface area contributed by atoms with E-state index < -0.39 is 15.9 Å². The van der Waals surface area contributed by atoms with Gasteiger partial charge in [0.2, 0.25) is 15.2 Å². The second kappa shape index (κ2) is 10.0. The second-order valence-electron chi connectivity index (χ2n) is 6.60. The lowest BCUT2D eigenvalue weighted by molar-refractivity contribution is 0.0981. The number of hydrogen-bond acceptors (Lipinski definition) is 7. The summed E-state index contributed by atoms with van der Waals surface area (Å²) in [6.07, 6.45) is 1.92. The van der Waals surface area contributed by atoms with Crippen LogP contribution in [0.1, 0.15) is 29.3 Å². The number of thiazole rings is 1. The van der Waals surface area contributed by atoms with Gasteiger partial charge in [-0.15, -0.1) is 11.3 Å². The molecule has 0 saturated carbocycles. The highest BCUT2D eigenvalue weighted by atomic mass is 35.5. The van der Waals surface area contributed by atoms with E-state index in [1.165, 1.54) is 17.6 Å². The Labute approximate surface area is 190 Å². The molecule has 1 heterocycles. The molecule has 3 aromatic rings. The maximum absolute atomic E-state index is 12.5. The highest BCUT2D eigenvalue weighted by Crippen LogP contribution is 2.31. The van der Waals surface area contributed by atoms with E-state index in [1.54, 1.807) is 49.3 Å². The summed E-state index contributed by atoms with van der Waals surface area (Å²) in [7, 11) is -1.93. The van der Waals surface area contributed by atoms with Crippen molar-refractivity contribution in [3.05, 3.63) is 70.1 Å². The minimum atomic E-state index is -3.67. The van der Waals surface area contributed by atoms with Gasteiger partial charge in [0.05, 0.1) is 17.7 Å². The molecule has 0 fully saturated rings. The molecule has 0 radical (unpaired) electrons. The number of amides is 1. The number of hydrogen-bond donors (Lipinski definition) is 1. The van der Waals surface area contributed by atoms with Gasteiger partial charge in [0, 0.05) is 34.1 Å². The Kier molecular flexibility index (Phi) is 7.42. The van der Waals surface area contributed by atoms with Crippen molar-refractivity contribution in [1.82, 2.24) is 9.71 Å². The van der Waals surface area contributed by atoms with Gasteiger partial charge in [-0.3, -0.25) is 4.79 Å². The predicted molar refractivity (Wildman–Crippen MR) is 127 cm³/mol. The predicted octanol–water partition coefficient (Wildman–Crippen LogP) is 4.40. The van der Waals surface area contributed by atoms with Gasteiger partial charge in [0.25, 0.3) is 5.91 Å². The van der Waals surface area contributed by atoms with Crippen molar-refractivity contribution in [3.8, 4) is 11.3 Å². The summed E-state index contributed by atoms with van der Waals surface area (Å²) in [4.78, 5) is 17.0. The van der Waals surface area contributed by atoms with Crippen LogP contribution < -0.4 is 9.73 Å². The largest absolute Gasteiger partial charge is 0.268 e. The van der Waals surface area contributed by atoms with Gasteiger partial charge in [-0.25, -0.2) is 23.1 Å². The van der Waals surface area contributed by atoms with E-state index in [9.17, 15) is 13.2 Å². The quantitative estimate of drug-likeness (QED) is 0.384. The first-order valence-corrected chi connectivity index (χ1v) is 12.3. The molecule has 10 heteroatoms. The Hall–Kier alpha value is -2.75. The number of anilines is 1. The van der Waals surface area contributed by atoms with Gasteiger partial charge < -0.3 is 0 Å². The Morgan fingerprint density at radius 2 is 1.94 bits per heavy atom. The fourth-order valence-corrected chi connectivity index (χ4v) is 4.75. The van der Waals surface area contributed by atoms with Gasteiger partial charge in [0.1, 0.15) is 0 Å². The number of sulfonamides is 1. The van der Waals surface area contributed by atoms with Crippen LogP contribution in [0.4, 0.5) is 5.13 Å². The van der Waals surface area contributed by atoms with Gasteiger partial charge in [-0.2, -0.15) is 5.10 Å². The molecule has 2 aromatic carbocycles. The molecule has 0 atom stereocenters. The summed E-state index contributed by atoms with van der Waals surface area (Å²) >= 11 is 7.65. The highest BCUT2D eigenvalue weighted by Gasteiger charge is 2.17. The summed E-state index contributed by atoms with van der Waals surface area (Å²) in [6.45, 7) is 1.73. The summed E-state index contributed by atoms with van der Waals surface area (Å²) in [6, 6.07) is 14.1. The van der Waals surface area contributed by atoms with Crippen molar-refractivity contribution < 1.29 is 13.2 Å². The van der Waals surface area contributed by atoms with Crippen molar-refractivity contribution >= 4 is 50.2 Å². The van der Waals surface area contributed by atoms with Crippen molar-refractivity contribution in [3.63, 3.8) is 0 Å². The number of carbonyl (C=O) groups excluding carboxylic acids is 1. The monoisotopic (exact) mass is 476 g/mol. The molecule has 0 spiro atoms. The van der Waals surface area contributed by atoms with Gasteiger partial charge >= 0.3 is 0 Å². The number of rotatable bonds is 8. The molecule has 162 valence electrons. The number of aromatic nitrogens is 1. The van der Waals surface area contributed by atoms with Crippen LogP contribution in [0.15, 0.2) is 59.0 Å². The van der Waals surface area contributed by atoms with Crippen LogP contribution in [0.25, 0.3) is 11.3 Å². The van der Waals surface area contributed by atoms with E-state index in [0.717, 1.165) is 11.3 Å². The van der Waals surface area contributed by atoms with E-state index in [1.807, 2.05) is 23.6 Å². The van der Waals surface area contributed by atoms with Crippen LogP contribution >= 0.6 is 22.9 Å². The Morgan fingerprint density at radius 3 is 2.68 bits per heavy atom. The summed E-state index contributed by atoms with van der Waals surface area (Å²) < 4.78 is 26.0. The van der Waals surface area contributed by atoms with E-state index >= 15 is 0 Å². The minimum absolute atomic E-state index is 0.116. The Bertz CT molecular complexity index is 1210. The molecule has 0 bridgehead atoms. The third-order valence-corrected chi connectivity index (χ3v) is 6.89. The highest BCUT2D eigenvalue weighted by molar-refractivity contribution is 7.90. The third-order valence-electron chi connectivity index (χ3n) is 4.22. The van der Waals surface area contributed by atoms with Crippen molar-refractivity contribution in [2.24, 2.45) is 5.10 Å². The second-order valence-corrected chi connectivity index (χ2v) is 9.69. The van der Waals surface area contributed by atoms with Crippen LogP contribution in [0, 0.1) is 0 Å². The zero-order chi connectivity index (χ0) is 22.4. The molecule has 0 aliphatic heterocycles. The Morgan fingerprint density at radius 1 is 1.23 bits per heavy atom. The fourth-order valence-electron chi connectivity index (χ4n) is 2.74. The molecule has 0 aliphatic rings. The average molecular weight is 477 g/mol. The zero-order valence-corrected chi connectivity index (χ0v) is 19.3. The number of carbonyl (C=O) groups is 1. The smallest absolute Gasteiger partial charge is 0.265 e. The van der Waals surface area contributed by atoms with Crippen molar-refractivity contribution in [2.75, 3.05) is 17.8 Å². The first kappa shape index (κ1) is 22.9. The van der Waals surface area contributed by atoms with Gasteiger partial charge in [-0.05, 0) is 18.6 Å². The normalized spacial score (nSPS) is 11.6. The van der Waals surface area contributed by atoms with Gasteiger partial charge in [0.15, 0.2) is 0 Å². The van der Waals surface area contributed by atoms with Crippen LogP contribution in [-0.4, -0.2) is 38.3 Å². The van der Waals surface area contributed by atoms with Gasteiger partial charge in [-0.1, -0.05) is 54.9 Å². The van der Waals surface area contributed by atoms with Crippen LogP contribution in [0.2, 0.25) is 5.02 Å². The van der Waals surface area contributed by atoms with E-state index in [0.29, 0.717) is 22.1 Å². The zero-order valence-electron chi connectivity index (χ0n) is 16.9. The average Bonchev–Trinajstić information content (AvgIpc) is 3.22.